The van der Waals surface area contributed by atoms with Crippen LogP contribution in [0.4, 0.5) is 0 Å². The Hall–Kier alpha value is 0.200. The number of alkyl halides is 1. The number of halogens is 1. The quantitative estimate of drug-likeness (QED) is 0.605. The fourth-order valence-electron chi connectivity index (χ4n) is 1.30. The SMILES string of the molecule is CC1CCN(S(C)(=O)=O)CC1Cl. The maximum absolute atomic E-state index is 11.1. The molecule has 0 amide bonds. The maximum atomic E-state index is 11.1. The normalized spacial score (nSPS) is 33.6. The maximum Gasteiger partial charge on any atom is 0.211 e. The number of piperidine rings is 1. The van der Waals surface area contributed by atoms with E-state index in [1.54, 1.807) is 0 Å². The molecule has 12 heavy (non-hydrogen) atoms. The van der Waals surface area contributed by atoms with Crippen molar-refractivity contribution in [3.8, 4) is 0 Å². The van der Waals surface area contributed by atoms with Gasteiger partial charge in [0.15, 0.2) is 0 Å². The third-order valence-corrected chi connectivity index (χ3v) is 4.14. The predicted molar refractivity (Wildman–Crippen MR) is 49.8 cm³/mol. The van der Waals surface area contributed by atoms with Crippen LogP contribution in [0.5, 0.6) is 0 Å². The van der Waals surface area contributed by atoms with Crippen LogP contribution in [0.1, 0.15) is 13.3 Å². The van der Waals surface area contributed by atoms with Crippen LogP contribution in [0.2, 0.25) is 0 Å². The molecular weight excluding hydrogens is 198 g/mol. The van der Waals surface area contributed by atoms with Crippen LogP contribution < -0.4 is 0 Å². The Balaban J connectivity index is 2.64. The molecule has 0 saturated carbocycles. The molecule has 1 saturated heterocycles. The highest BCUT2D eigenvalue weighted by molar-refractivity contribution is 7.88. The van der Waals surface area contributed by atoms with E-state index in [0.29, 0.717) is 19.0 Å². The van der Waals surface area contributed by atoms with E-state index in [9.17, 15) is 8.42 Å². The van der Waals surface area contributed by atoms with Gasteiger partial charge in [0.05, 0.1) is 6.26 Å². The van der Waals surface area contributed by atoms with E-state index in [0.717, 1.165) is 6.42 Å². The van der Waals surface area contributed by atoms with E-state index in [-0.39, 0.29) is 5.38 Å². The van der Waals surface area contributed by atoms with Crippen molar-refractivity contribution in [2.24, 2.45) is 5.92 Å². The molecule has 2 atom stereocenters. The third-order valence-electron chi connectivity index (χ3n) is 2.30. The first-order valence-electron chi connectivity index (χ1n) is 4.00. The van der Waals surface area contributed by atoms with E-state index in [4.69, 9.17) is 11.6 Å². The van der Waals surface area contributed by atoms with Gasteiger partial charge in [0.25, 0.3) is 0 Å². The first-order valence-corrected chi connectivity index (χ1v) is 6.29. The summed E-state index contributed by atoms with van der Waals surface area (Å²) in [6.45, 7) is 3.13. The second-order valence-electron chi connectivity index (χ2n) is 3.40. The summed E-state index contributed by atoms with van der Waals surface area (Å²) in [5, 5.41) is -0.0338. The van der Waals surface area contributed by atoms with Gasteiger partial charge in [0.2, 0.25) is 10.0 Å². The fourth-order valence-corrected chi connectivity index (χ4v) is 2.54. The molecule has 0 spiro atoms. The summed E-state index contributed by atoms with van der Waals surface area (Å²) in [6.07, 6.45) is 2.09. The fraction of sp³-hybridized carbons (Fsp3) is 1.00. The largest absolute Gasteiger partial charge is 0.213 e. The third kappa shape index (κ3) is 2.34. The summed E-state index contributed by atoms with van der Waals surface area (Å²) in [5.74, 6) is 0.421. The summed E-state index contributed by atoms with van der Waals surface area (Å²) >= 11 is 5.96. The van der Waals surface area contributed by atoms with Crippen LogP contribution in [-0.4, -0.2) is 37.4 Å². The summed E-state index contributed by atoms with van der Waals surface area (Å²) in [4.78, 5) is 0. The lowest BCUT2D eigenvalue weighted by atomic mass is 10.0. The molecule has 5 heteroatoms. The molecule has 1 aliphatic heterocycles. The minimum Gasteiger partial charge on any atom is -0.213 e. The van der Waals surface area contributed by atoms with Crippen LogP contribution in [0.25, 0.3) is 0 Å². The number of hydrogen-bond donors (Lipinski definition) is 0. The van der Waals surface area contributed by atoms with E-state index in [1.165, 1.54) is 10.6 Å². The molecule has 0 aliphatic carbocycles. The Morgan fingerprint density at radius 2 is 2.08 bits per heavy atom. The van der Waals surface area contributed by atoms with Gasteiger partial charge in [0, 0.05) is 18.5 Å². The zero-order valence-corrected chi connectivity index (χ0v) is 8.90. The lowest BCUT2D eigenvalue weighted by Gasteiger charge is -2.31. The van der Waals surface area contributed by atoms with Crippen molar-refractivity contribution < 1.29 is 8.42 Å². The van der Waals surface area contributed by atoms with Crippen molar-refractivity contribution in [3.63, 3.8) is 0 Å². The molecule has 0 aromatic rings. The smallest absolute Gasteiger partial charge is 0.211 e. The monoisotopic (exact) mass is 211 g/mol. The van der Waals surface area contributed by atoms with Crippen LogP contribution in [0.15, 0.2) is 0 Å². The van der Waals surface area contributed by atoms with Gasteiger partial charge in [-0.1, -0.05) is 6.92 Å². The second kappa shape index (κ2) is 3.52. The highest BCUT2D eigenvalue weighted by Crippen LogP contribution is 2.22. The first kappa shape index (κ1) is 10.3. The van der Waals surface area contributed by atoms with E-state index in [1.807, 2.05) is 0 Å². The van der Waals surface area contributed by atoms with Crippen molar-refractivity contribution in [2.45, 2.75) is 18.7 Å². The van der Waals surface area contributed by atoms with Gasteiger partial charge in [-0.15, -0.1) is 11.6 Å². The zero-order valence-electron chi connectivity index (χ0n) is 7.33. The van der Waals surface area contributed by atoms with Crippen molar-refractivity contribution in [1.82, 2.24) is 4.31 Å². The predicted octanol–water partition coefficient (Wildman–Crippen LogP) is 0.895. The molecule has 1 rings (SSSR count). The first-order chi connectivity index (χ1) is 5.41. The number of hydrogen-bond acceptors (Lipinski definition) is 2. The minimum absolute atomic E-state index is 0.0338. The molecule has 1 heterocycles. The van der Waals surface area contributed by atoms with Crippen molar-refractivity contribution >= 4 is 21.6 Å². The molecular formula is C7H14ClNO2S. The number of rotatable bonds is 1. The molecule has 1 fully saturated rings. The van der Waals surface area contributed by atoms with Gasteiger partial charge in [-0.2, -0.15) is 0 Å². The Bertz CT molecular complexity index is 252. The van der Waals surface area contributed by atoms with E-state index < -0.39 is 10.0 Å². The summed E-state index contributed by atoms with van der Waals surface area (Å²) < 4.78 is 23.7. The summed E-state index contributed by atoms with van der Waals surface area (Å²) in [7, 11) is -3.03. The molecule has 0 N–H and O–H groups in total. The van der Waals surface area contributed by atoms with Gasteiger partial charge >= 0.3 is 0 Å². The van der Waals surface area contributed by atoms with Gasteiger partial charge < -0.3 is 0 Å². The molecule has 0 aromatic carbocycles. The van der Waals surface area contributed by atoms with Crippen LogP contribution in [-0.2, 0) is 10.0 Å². The summed E-state index contributed by atoms with van der Waals surface area (Å²) in [5.41, 5.74) is 0. The number of nitrogens with zero attached hydrogens (tertiary/aromatic N) is 1. The Kier molecular flexibility index (Phi) is 3.01. The van der Waals surface area contributed by atoms with Gasteiger partial charge in [-0.05, 0) is 12.3 Å². The molecule has 2 unspecified atom stereocenters. The molecule has 0 radical (unpaired) electrons. The van der Waals surface area contributed by atoms with Crippen molar-refractivity contribution in [3.05, 3.63) is 0 Å². The Labute approximate surface area is 78.7 Å². The second-order valence-corrected chi connectivity index (χ2v) is 5.95. The molecule has 3 nitrogen and oxygen atoms in total. The standard InChI is InChI=1S/C7H14ClNO2S/c1-6-3-4-9(5-7(6)8)12(2,10)11/h6-7H,3-5H2,1-2H3. The van der Waals surface area contributed by atoms with Crippen LogP contribution >= 0.6 is 11.6 Å². The van der Waals surface area contributed by atoms with Crippen molar-refractivity contribution in [1.29, 1.82) is 0 Å². The average molecular weight is 212 g/mol. The molecule has 1 aliphatic rings. The zero-order chi connectivity index (χ0) is 9.35. The average Bonchev–Trinajstić information content (AvgIpc) is 1.92. The highest BCUT2D eigenvalue weighted by atomic mass is 35.5. The Morgan fingerprint density at radius 3 is 2.50 bits per heavy atom. The molecule has 0 bridgehead atoms. The van der Waals surface area contributed by atoms with Gasteiger partial charge in [-0.25, -0.2) is 12.7 Å². The lowest BCUT2D eigenvalue weighted by molar-refractivity contribution is 0.295. The van der Waals surface area contributed by atoms with Gasteiger partial charge in [-0.3, -0.25) is 0 Å². The Morgan fingerprint density at radius 1 is 1.50 bits per heavy atom. The molecule has 0 aromatic heterocycles. The molecule has 72 valence electrons. The number of sulfonamides is 1. The van der Waals surface area contributed by atoms with Crippen LogP contribution in [0, 0.1) is 5.92 Å². The van der Waals surface area contributed by atoms with Crippen LogP contribution in [0.3, 0.4) is 0 Å². The summed E-state index contributed by atoms with van der Waals surface area (Å²) in [6, 6.07) is 0. The highest BCUT2D eigenvalue weighted by Gasteiger charge is 2.28. The topological polar surface area (TPSA) is 37.4 Å². The minimum atomic E-state index is -3.03. The lowest BCUT2D eigenvalue weighted by Crippen LogP contribution is -2.43. The van der Waals surface area contributed by atoms with Crippen molar-refractivity contribution in [2.75, 3.05) is 19.3 Å². The van der Waals surface area contributed by atoms with E-state index >= 15 is 0 Å². The van der Waals surface area contributed by atoms with E-state index in [2.05, 4.69) is 6.92 Å². The van der Waals surface area contributed by atoms with Gasteiger partial charge in [0.1, 0.15) is 0 Å².